The lowest BCUT2D eigenvalue weighted by Crippen LogP contribution is -2.28. The second-order valence-corrected chi connectivity index (χ2v) is 17.1. The number of benzene rings is 9. The van der Waals surface area contributed by atoms with Crippen molar-refractivity contribution in [1.82, 2.24) is 9.13 Å². The van der Waals surface area contributed by atoms with Crippen molar-refractivity contribution in [1.29, 1.82) is 0 Å². The van der Waals surface area contributed by atoms with E-state index in [9.17, 15) is 0 Å². The van der Waals surface area contributed by atoms with Gasteiger partial charge in [-0.05, 0) is 111 Å². The van der Waals surface area contributed by atoms with Gasteiger partial charge in [0.15, 0.2) is 0 Å². The number of aromatic nitrogens is 2. The molecule has 2 aromatic heterocycles. The van der Waals surface area contributed by atoms with Crippen LogP contribution in [0.4, 0.5) is 0 Å². The van der Waals surface area contributed by atoms with Crippen LogP contribution in [0.25, 0.3) is 88.4 Å². The second kappa shape index (κ2) is 14.1. The standard InChI is InChI=1S/C61H42N2/c1-4-18-41(19-5-1)42-20-16-25-47(38-42)63-57-33-15-12-28-51(57)52-30-17-29-48(60(52)63)43-34-36-58-53(39-43)54-40-45(35-37-59(54)62(58)46-23-8-3-9-24-46)61(44-21-6-2-7-22-44)55-31-13-10-26-49(55)50-27-11-14-32-56(50)61/h1-8,10-23,25-40H,9,24H2. The molecule has 0 fully saturated rings. The predicted octanol–water partition coefficient (Wildman–Crippen LogP) is 15.8. The summed E-state index contributed by atoms with van der Waals surface area (Å²) in [5.74, 6) is 0. The van der Waals surface area contributed by atoms with Gasteiger partial charge < -0.3 is 9.13 Å². The summed E-state index contributed by atoms with van der Waals surface area (Å²) in [5.41, 5.74) is 19.5. The first-order valence-corrected chi connectivity index (χ1v) is 22.2. The molecule has 0 bridgehead atoms. The van der Waals surface area contributed by atoms with Gasteiger partial charge in [0, 0.05) is 38.5 Å². The first kappa shape index (κ1) is 35.8. The average molecular weight is 803 g/mol. The first-order chi connectivity index (χ1) is 31.3. The van der Waals surface area contributed by atoms with Crippen molar-refractivity contribution in [2.75, 3.05) is 0 Å². The van der Waals surface area contributed by atoms with E-state index in [-0.39, 0.29) is 0 Å². The number of allylic oxidation sites excluding steroid dienone is 4. The molecule has 9 aromatic carbocycles. The number of nitrogens with zero attached hydrogens (tertiary/aromatic N) is 2. The molecule has 0 N–H and O–H groups in total. The van der Waals surface area contributed by atoms with Crippen molar-refractivity contribution < 1.29 is 0 Å². The number of hydrogen-bond acceptors (Lipinski definition) is 0. The van der Waals surface area contributed by atoms with Crippen LogP contribution in [0.15, 0.2) is 231 Å². The highest BCUT2D eigenvalue weighted by Crippen LogP contribution is 2.56. The van der Waals surface area contributed by atoms with Crippen LogP contribution >= 0.6 is 0 Å². The molecule has 11 aromatic rings. The third-order valence-corrected chi connectivity index (χ3v) is 13.9. The fourth-order valence-electron chi connectivity index (χ4n) is 11.2. The van der Waals surface area contributed by atoms with Gasteiger partial charge >= 0.3 is 0 Å². The average Bonchev–Trinajstić information content (AvgIpc) is 3.99. The Bertz CT molecular complexity index is 3630. The first-order valence-electron chi connectivity index (χ1n) is 22.2. The van der Waals surface area contributed by atoms with Gasteiger partial charge in [0.1, 0.15) is 0 Å². The number of hydrogen-bond donors (Lipinski definition) is 0. The molecular weight excluding hydrogens is 761 g/mol. The van der Waals surface area contributed by atoms with Crippen LogP contribution in [0.2, 0.25) is 0 Å². The summed E-state index contributed by atoms with van der Waals surface area (Å²) in [6, 6.07) is 79.2. The Morgan fingerprint density at radius 1 is 0.381 bits per heavy atom. The summed E-state index contributed by atoms with van der Waals surface area (Å²) in [5, 5.41) is 5.02. The van der Waals surface area contributed by atoms with Crippen molar-refractivity contribution in [2.45, 2.75) is 18.3 Å². The second-order valence-electron chi connectivity index (χ2n) is 17.1. The molecule has 0 aliphatic heterocycles. The topological polar surface area (TPSA) is 9.86 Å². The van der Waals surface area contributed by atoms with Crippen molar-refractivity contribution in [3.8, 4) is 39.1 Å². The summed E-state index contributed by atoms with van der Waals surface area (Å²) in [4.78, 5) is 0. The van der Waals surface area contributed by atoms with Crippen LogP contribution in [0.3, 0.4) is 0 Å². The highest BCUT2D eigenvalue weighted by molar-refractivity contribution is 6.16. The minimum absolute atomic E-state index is 0.484. The number of rotatable bonds is 6. The Morgan fingerprint density at radius 2 is 1.00 bits per heavy atom. The number of para-hydroxylation sites is 2. The van der Waals surface area contributed by atoms with Gasteiger partial charge in [-0.1, -0.05) is 182 Å². The van der Waals surface area contributed by atoms with E-state index >= 15 is 0 Å². The Hall–Kier alpha value is -7.94. The molecule has 0 saturated carbocycles. The van der Waals surface area contributed by atoms with Gasteiger partial charge in [-0.25, -0.2) is 0 Å². The van der Waals surface area contributed by atoms with E-state index in [4.69, 9.17) is 0 Å². The molecule has 0 unspecified atom stereocenters. The molecule has 2 aliphatic carbocycles. The van der Waals surface area contributed by atoms with Crippen molar-refractivity contribution in [3.05, 3.63) is 253 Å². The van der Waals surface area contributed by atoms with E-state index in [0.29, 0.717) is 0 Å². The van der Waals surface area contributed by atoms with E-state index < -0.39 is 5.41 Å². The van der Waals surface area contributed by atoms with Crippen LogP contribution in [0.5, 0.6) is 0 Å². The molecule has 0 radical (unpaired) electrons. The maximum Gasteiger partial charge on any atom is 0.0713 e. The molecule has 2 heteroatoms. The molecule has 0 amide bonds. The SMILES string of the molecule is C1=CCCC(n2c3ccc(-c4cccc5c6ccccc6n(-c6cccc(-c7ccccc7)c6)c45)cc3c3cc(C4(c5ccccc5)c5ccccc5-c5ccccc54)ccc32)=C1. The van der Waals surface area contributed by atoms with E-state index in [1.54, 1.807) is 0 Å². The third-order valence-electron chi connectivity index (χ3n) is 13.9. The predicted molar refractivity (Wildman–Crippen MR) is 265 cm³/mol. The van der Waals surface area contributed by atoms with Crippen LogP contribution in [0, 0.1) is 0 Å². The summed E-state index contributed by atoms with van der Waals surface area (Å²) >= 11 is 0. The summed E-state index contributed by atoms with van der Waals surface area (Å²) in [6.07, 6.45) is 8.84. The third kappa shape index (κ3) is 5.25. The highest BCUT2D eigenvalue weighted by atomic mass is 15.0. The van der Waals surface area contributed by atoms with Gasteiger partial charge in [-0.2, -0.15) is 0 Å². The van der Waals surface area contributed by atoms with Gasteiger partial charge in [0.2, 0.25) is 0 Å². The fraction of sp³-hybridized carbons (Fsp3) is 0.0492. The van der Waals surface area contributed by atoms with Crippen molar-refractivity contribution >= 4 is 49.3 Å². The Balaban J connectivity index is 1.09. The smallest absolute Gasteiger partial charge is 0.0713 e. The van der Waals surface area contributed by atoms with E-state index in [1.807, 2.05) is 0 Å². The number of fused-ring (bicyclic) bond motifs is 9. The lowest BCUT2D eigenvalue weighted by atomic mass is 9.67. The lowest BCUT2D eigenvalue weighted by molar-refractivity contribution is 0.770. The molecule has 0 atom stereocenters. The zero-order chi connectivity index (χ0) is 41.5. The van der Waals surface area contributed by atoms with Gasteiger partial charge in [0.25, 0.3) is 0 Å². The van der Waals surface area contributed by atoms with Gasteiger partial charge in [-0.3, -0.25) is 0 Å². The minimum Gasteiger partial charge on any atom is -0.313 e. The molecule has 296 valence electrons. The zero-order valence-corrected chi connectivity index (χ0v) is 34.7. The molecule has 2 heterocycles. The Morgan fingerprint density at radius 3 is 1.78 bits per heavy atom. The molecule has 0 spiro atoms. The molecule has 13 rings (SSSR count). The van der Waals surface area contributed by atoms with E-state index in [1.165, 1.54) is 105 Å². The van der Waals surface area contributed by atoms with Gasteiger partial charge in [0.05, 0.1) is 27.5 Å². The van der Waals surface area contributed by atoms with Crippen LogP contribution in [-0.2, 0) is 5.41 Å². The monoisotopic (exact) mass is 802 g/mol. The largest absolute Gasteiger partial charge is 0.313 e. The molecular formula is C61H42N2. The van der Waals surface area contributed by atoms with Crippen LogP contribution in [-0.4, -0.2) is 9.13 Å². The highest BCUT2D eigenvalue weighted by Gasteiger charge is 2.46. The summed E-state index contributed by atoms with van der Waals surface area (Å²) in [7, 11) is 0. The van der Waals surface area contributed by atoms with Crippen molar-refractivity contribution in [2.24, 2.45) is 0 Å². The Labute approximate surface area is 367 Å². The maximum atomic E-state index is 2.53. The lowest BCUT2D eigenvalue weighted by Gasteiger charge is -2.34. The zero-order valence-electron chi connectivity index (χ0n) is 34.7. The molecule has 0 saturated heterocycles. The van der Waals surface area contributed by atoms with Crippen LogP contribution < -0.4 is 0 Å². The quantitative estimate of drug-likeness (QED) is 0.158. The van der Waals surface area contributed by atoms with E-state index in [0.717, 1.165) is 18.5 Å². The summed E-state index contributed by atoms with van der Waals surface area (Å²) < 4.78 is 5.01. The van der Waals surface area contributed by atoms with Gasteiger partial charge in [-0.15, -0.1) is 0 Å². The fourth-order valence-corrected chi connectivity index (χ4v) is 11.2. The minimum atomic E-state index is -0.484. The molecule has 2 aliphatic rings. The van der Waals surface area contributed by atoms with E-state index in [2.05, 4.69) is 240 Å². The van der Waals surface area contributed by atoms with Crippen LogP contribution in [0.1, 0.15) is 35.1 Å². The van der Waals surface area contributed by atoms with Crippen molar-refractivity contribution in [3.63, 3.8) is 0 Å². The summed E-state index contributed by atoms with van der Waals surface area (Å²) in [6.45, 7) is 0. The molecule has 63 heavy (non-hydrogen) atoms. The normalized spacial score (nSPS) is 14.1. The molecule has 2 nitrogen and oxygen atoms in total. The maximum absolute atomic E-state index is 2.53. The Kier molecular flexibility index (Phi) is 7.98.